The molecule has 2 aromatic carbocycles. The number of amides is 1. The zero-order chi connectivity index (χ0) is 21.0. The van der Waals surface area contributed by atoms with Gasteiger partial charge >= 0.3 is 0 Å². The minimum atomic E-state index is -1.10. The van der Waals surface area contributed by atoms with Crippen molar-refractivity contribution in [3.8, 4) is 5.75 Å². The molecule has 0 bridgehead atoms. The fourth-order valence-corrected chi connectivity index (χ4v) is 4.14. The van der Waals surface area contributed by atoms with Crippen molar-refractivity contribution in [2.24, 2.45) is 10.9 Å². The summed E-state index contributed by atoms with van der Waals surface area (Å²) in [5.41, 5.74) is 0.709. The molecule has 2 aromatic rings. The van der Waals surface area contributed by atoms with E-state index in [1.807, 2.05) is 55.7 Å². The van der Waals surface area contributed by atoms with Gasteiger partial charge in [-0.3, -0.25) is 9.79 Å². The number of rotatable bonds is 9. The smallest absolute Gasteiger partial charge is 0.255 e. The Labute approximate surface area is 177 Å². The van der Waals surface area contributed by atoms with Crippen molar-refractivity contribution in [2.75, 3.05) is 26.3 Å². The molecule has 4 rings (SSSR count). The first kappa shape index (κ1) is 20.4. The number of aliphatic imine (C=N–C) groups is 1. The van der Waals surface area contributed by atoms with Crippen LogP contribution in [-0.4, -0.2) is 48.6 Å². The summed E-state index contributed by atoms with van der Waals surface area (Å²) < 4.78 is 5.40. The maximum atomic E-state index is 13.7. The third-order valence-electron chi connectivity index (χ3n) is 5.81. The lowest BCUT2D eigenvalue weighted by Gasteiger charge is -2.37. The summed E-state index contributed by atoms with van der Waals surface area (Å²) in [4.78, 5) is 20.7. The Hall–Kier alpha value is -2.86. The van der Waals surface area contributed by atoms with Crippen LogP contribution in [0.4, 0.5) is 0 Å². The summed E-state index contributed by atoms with van der Waals surface area (Å²) >= 11 is 0. The molecule has 1 fully saturated rings. The SMILES string of the molecule is CCOCCNC(=O)C1(c2ccccc2)N=CN(CC2CC2)C1c1ccc(O)cc1. The molecule has 30 heavy (non-hydrogen) atoms. The Kier molecular flexibility index (Phi) is 6.04. The minimum Gasteiger partial charge on any atom is -0.508 e. The zero-order valence-electron chi connectivity index (χ0n) is 17.3. The van der Waals surface area contributed by atoms with Crippen molar-refractivity contribution in [1.82, 2.24) is 10.2 Å². The topological polar surface area (TPSA) is 74.2 Å². The van der Waals surface area contributed by atoms with Crippen LogP contribution >= 0.6 is 0 Å². The summed E-state index contributed by atoms with van der Waals surface area (Å²) in [6.07, 6.45) is 4.27. The molecule has 1 aliphatic heterocycles. The second-order valence-corrected chi connectivity index (χ2v) is 7.96. The van der Waals surface area contributed by atoms with Gasteiger partial charge in [-0.05, 0) is 48.9 Å². The molecule has 6 heteroatoms. The van der Waals surface area contributed by atoms with E-state index in [-0.39, 0.29) is 17.7 Å². The van der Waals surface area contributed by atoms with Gasteiger partial charge in [0.1, 0.15) is 5.75 Å². The van der Waals surface area contributed by atoms with Crippen molar-refractivity contribution >= 4 is 12.2 Å². The molecule has 2 unspecified atom stereocenters. The number of nitrogens with one attached hydrogen (secondary N) is 1. The van der Waals surface area contributed by atoms with E-state index in [2.05, 4.69) is 10.2 Å². The normalized spacial score (nSPS) is 23.0. The highest BCUT2D eigenvalue weighted by Gasteiger charge is 2.53. The van der Waals surface area contributed by atoms with Gasteiger partial charge < -0.3 is 20.1 Å². The number of hydrogen-bond donors (Lipinski definition) is 2. The summed E-state index contributed by atoms with van der Waals surface area (Å²) in [5.74, 6) is 0.711. The van der Waals surface area contributed by atoms with Gasteiger partial charge in [0, 0.05) is 19.7 Å². The summed E-state index contributed by atoms with van der Waals surface area (Å²) in [6, 6.07) is 16.6. The van der Waals surface area contributed by atoms with Crippen LogP contribution in [0.5, 0.6) is 5.75 Å². The second kappa shape index (κ2) is 8.88. The first-order valence-electron chi connectivity index (χ1n) is 10.7. The fourth-order valence-electron chi connectivity index (χ4n) is 4.14. The number of aromatic hydroxyl groups is 1. The van der Waals surface area contributed by atoms with Gasteiger partial charge in [0.25, 0.3) is 5.91 Å². The number of benzene rings is 2. The first-order chi connectivity index (χ1) is 14.6. The lowest BCUT2D eigenvalue weighted by molar-refractivity contribution is -0.128. The molecule has 2 N–H and O–H groups in total. The van der Waals surface area contributed by atoms with E-state index >= 15 is 0 Å². The van der Waals surface area contributed by atoms with Gasteiger partial charge in [-0.25, -0.2) is 0 Å². The molecule has 0 spiro atoms. The molecule has 1 aliphatic carbocycles. The molecule has 0 radical (unpaired) electrons. The summed E-state index contributed by atoms with van der Waals surface area (Å²) in [7, 11) is 0. The summed E-state index contributed by atoms with van der Waals surface area (Å²) in [5, 5.41) is 12.9. The number of carbonyl (C=O) groups is 1. The number of nitrogens with zero attached hydrogens (tertiary/aromatic N) is 2. The van der Waals surface area contributed by atoms with Crippen LogP contribution in [0.25, 0.3) is 0 Å². The Bertz CT molecular complexity index is 880. The van der Waals surface area contributed by atoms with Crippen molar-refractivity contribution in [3.63, 3.8) is 0 Å². The molecule has 0 aromatic heterocycles. The summed E-state index contributed by atoms with van der Waals surface area (Å²) in [6.45, 7) is 4.32. The van der Waals surface area contributed by atoms with E-state index in [1.165, 1.54) is 12.8 Å². The molecule has 1 saturated carbocycles. The third kappa shape index (κ3) is 4.05. The Balaban J connectivity index is 1.74. The molecule has 2 aliphatic rings. The van der Waals surface area contributed by atoms with Gasteiger partial charge in [0.15, 0.2) is 5.54 Å². The first-order valence-corrected chi connectivity index (χ1v) is 10.7. The minimum absolute atomic E-state index is 0.138. The Morgan fingerprint density at radius 3 is 2.60 bits per heavy atom. The van der Waals surface area contributed by atoms with Gasteiger partial charge in [0.05, 0.1) is 19.0 Å². The lowest BCUT2D eigenvalue weighted by atomic mass is 9.79. The highest BCUT2D eigenvalue weighted by atomic mass is 16.5. The van der Waals surface area contributed by atoms with Gasteiger partial charge in [-0.1, -0.05) is 42.5 Å². The second-order valence-electron chi connectivity index (χ2n) is 7.96. The van der Waals surface area contributed by atoms with E-state index in [1.54, 1.807) is 12.1 Å². The average molecular weight is 408 g/mol. The predicted octanol–water partition coefficient (Wildman–Crippen LogP) is 3.24. The van der Waals surface area contributed by atoms with Gasteiger partial charge in [0.2, 0.25) is 0 Å². The number of carbonyl (C=O) groups excluding carboxylic acids is 1. The van der Waals surface area contributed by atoms with Crippen LogP contribution in [0.15, 0.2) is 59.6 Å². The molecule has 1 heterocycles. The highest BCUT2D eigenvalue weighted by molar-refractivity contribution is 5.92. The van der Waals surface area contributed by atoms with E-state index in [4.69, 9.17) is 9.73 Å². The van der Waals surface area contributed by atoms with Crippen molar-refractivity contribution < 1.29 is 14.6 Å². The fraction of sp³-hybridized carbons (Fsp3) is 0.417. The highest BCUT2D eigenvalue weighted by Crippen LogP contribution is 2.47. The quantitative estimate of drug-likeness (QED) is 0.626. The van der Waals surface area contributed by atoms with Crippen LogP contribution in [0.1, 0.15) is 36.9 Å². The monoisotopic (exact) mass is 407 g/mol. The molecular formula is C24H29N3O3. The third-order valence-corrected chi connectivity index (χ3v) is 5.81. The number of ether oxygens (including phenoxy) is 1. The molecular weight excluding hydrogens is 378 g/mol. The van der Waals surface area contributed by atoms with Crippen molar-refractivity contribution in [1.29, 1.82) is 0 Å². The van der Waals surface area contributed by atoms with Crippen molar-refractivity contribution in [2.45, 2.75) is 31.3 Å². The molecule has 0 saturated heterocycles. The molecule has 2 atom stereocenters. The average Bonchev–Trinajstić information content (AvgIpc) is 3.51. The van der Waals surface area contributed by atoms with Crippen molar-refractivity contribution in [3.05, 3.63) is 65.7 Å². The van der Waals surface area contributed by atoms with Gasteiger partial charge in [-0.15, -0.1) is 0 Å². The van der Waals surface area contributed by atoms with Crippen LogP contribution in [-0.2, 0) is 15.1 Å². The van der Waals surface area contributed by atoms with E-state index < -0.39 is 5.54 Å². The van der Waals surface area contributed by atoms with E-state index in [9.17, 15) is 9.90 Å². The largest absolute Gasteiger partial charge is 0.508 e. The lowest BCUT2D eigenvalue weighted by Crippen LogP contribution is -2.49. The molecule has 1 amide bonds. The maximum absolute atomic E-state index is 13.7. The van der Waals surface area contributed by atoms with E-state index in [0.29, 0.717) is 25.7 Å². The van der Waals surface area contributed by atoms with Gasteiger partial charge in [-0.2, -0.15) is 0 Å². The van der Waals surface area contributed by atoms with Crippen LogP contribution < -0.4 is 5.32 Å². The number of phenols is 1. The molecule has 6 nitrogen and oxygen atoms in total. The predicted molar refractivity (Wildman–Crippen MR) is 116 cm³/mol. The van der Waals surface area contributed by atoms with Crippen LogP contribution in [0.2, 0.25) is 0 Å². The maximum Gasteiger partial charge on any atom is 0.255 e. The standard InChI is InChI=1S/C24H29N3O3/c1-2-30-15-14-25-23(29)24(20-6-4-3-5-7-20)22(19-10-12-21(28)13-11-19)27(17-26-24)16-18-8-9-18/h3-7,10-13,17-18,22,28H,2,8-9,14-16H2,1H3,(H,25,29). The van der Waals surface area contributed by atoms with E-state index in [0.717, 1.165) is 17.7 Å². The van der Waals surface area contributed by atoms with Crippen LogP contribution in [0.3, 0.4) is 0 Å². The number of hydrogen-bond acceptors (Lipinski definition) is 5. The Morgan fingerprint density at radius 1 is 1.20 bits per heavy atom. The number of phenolic OH excluding ortho intramolecular Hbond substituents is 1. The molecule has 158 valence electrons. The zero-order valence-corrected chi connectivity index (χ0v) is 17.3. The van der Waals surface area contributed by atoms with Crippen LogP contribution in [0, 0.1) is 5.92 Å². The Morgan fingerprint density at radius 2 is 1.93 bits per heavy atom.